The highest BCUT2D eigenvalue weighted by Crippen LogP contribution is 2.05. The maximum absolute atomic E-state index is 5.23. The first-order chi connectivity index (χ1) is 2.43. The van der Waals surface area contributed by atoms with Crippen LogP contribution in [0.3, 0.4) is 0 Å². The summed E-state index contributed by atoms with van der Waals surface area (Å²) in [5.41, 5.74) is 5.23. The lowest BCUT2D eigenvalue weighted by atomic mass is 10.5. The Morgan fingerprint density at radius 1 is 2.00 bits per heavy atom. The second-order valence-electron chi connectivity index (χ2n) is 1.25. The van der Waals surface area contributed by atoms with Crippen LogP contribution in [-0.4, -0.2) is 17.5 Å². The minimum atomic E-state index is 0.884. The molecule has 1 rings (SSSR count). The molecule has 1 aliphatic rings. The van der Waals surface area contributed by atoms with Gasteiger partial charge in [0.15, 0.2) is 11.0 Å². The average Bonchev–Trinajstić information content (AvgIpc) is 2.12. The van der Waals surface area contributed by atoms with Gasteiger partial charge in [-0.3, -0.25) is 0 Å². The summed E-state index contributed by atoms with van der Waals surface area (Å²) in [5.74, 6) is 1.36. The first kappa shape index (κ1) is 3.50. The number of nitrogens with two attached hydrogens (primary N) is 1. The lowest BCUT2D eigenvalue weighted by molar-refractivity contribution is 1.03. The summed E-state index contributed by atoms with van der Waals surface area (Å²) in [6, 6.07) is 0. The third kappa shape index (κ3) is 0.816. The van der Waals surface area contributed by atoms with Crippen LogP contribution in [0.15, 0.2) is 0 Å². The van der Waals surface area contributed by atoms with Gasteiger partial charge in [-0.25, -0.2) is 0 Å². The lowest BCUT2D eigenvalue weighted by Gasteiger charge is -1.64. The molecule has 0 spiro atoms. The highest BCUT2D eigenvalue weighted by molar-refractivity contribution is 7.86. The molecule has 1 saturated heterocycles. The third-order valence-electron chi connectivity index (χ3n) is 0.713. The molecule has 0 aromatic heterocycles. The van der Waals surface area contributed by atoms with E-state index in [-0.39, 0.29) is 0 Å². The van der Waals surface area contributed by atoms with Gasteiger partial charge in [0.05, 0.1) is 0 Å². The summed E-state index contributed by atoms with van der Waals surface area (Å²) < 4.78 is 0. The van der Waals surface area contributed by atoms with Crippen molar-refractivity contribution in [3.05, 3.63) is 0 Å². The topological polar surface area (TPSA) is 26.0 Å². The Hall–Kier alpha value is 0.310. The van der Waals surface area contributed by atoms with Gasteiger partial charge in [0.1, 0.15) is 0 Å². The first-order valence-corrected chi connectivity index (χ1v) is 2.95. The summed E-state index contributed by atoms with van der Waals surface area (Å²) in [6.45, 7) is 0.904. The molecule has 0 aromatic rings. The Kier molecular flexibility index (Phi) is 0.830. The SMILES string of the molecule is NC[C@@H]1C[SH+]1. The quantitative estimate of drug-likeness (QED) is 0.253. The molecule has 1 atom stereocenters. The van der Waals surface area contributed by atoms with Crippen molar-refractivity contribution in [2.45, 2.75) is 5.25 Å². The van der Waals surface area contributed by atoms with Crippen molar-refractivity contribution < 1.29 is 0 Å². The van der Waals surface area contributed by atoms with E-state index in [4.69, 9.17) is 5.73 Å². The predicted octanol–water partition coefficient (Wildman–Crippen LogP) is -0.858. The zero-order chi connectivity index (χ0) is 3.70. The van der Waals surface area contributed by atoms with Crippen molar-refractivity contribution in [3.8, 4) is 0 Å². The zero-order valence-corrected chi connectivity index (χ0v) is 3.91. The molecule has 0 aliphatic carbocycles. The Morgan fingerprint density at radius 2 is 2.60 bits per heavy atom. The molecule has 0 radical (unpaired) electrons. The first-order valence-electron chi connectivity index (χ1n) is 1.80. The van der Waals surface area contributed by atoms with Crippen molar-refractivity contribution in [1.29, 1.82) is 0 Å². The Bertz CT molecular complexity index is 33.9. The maximum Gasteiger partial charge on any atom is 0.172 e. The molecule has 0 unspecified atom stereocenters. The van der Waals surface area contributed by atoms with Crippen molar-refractivity contribution in [1.82, 2.24) is 0 Å². The molecule has 0 amide bonds. The number of hydrogen-bond acceptors (Lipinski definition) is 1. The second-order valence-corrected chi connectivity index (χ2v) is 2.72. The van der Waals surface area contributed by atoms with Gasteiger partial charge in [0.25, 0.3) is 0 Å². The molecule has 2 heteroatoms. The zero-order valence-electron chi connectivity index (χ0n) is 3.02. The van der Waals surface area contributed by atoms with E-state index in [0.717, 1.165) is 11.8 Å². The van der Waals surface area contributed by atoms with E-state index in [1.54, 1.807) is 11.8 Å². The van der Waals surface area contributed by atoms with E-state index in [2.05, 4.69) is 0 Å². The van der Waals surface area contributed by atoms with Crippen LogP contribution in [0.25, 0.3) is 0 Å². The molecule has 5 heavy (non-hydrogen) atoms. The summed E-state index contributed by atoms with van der Waals surface area (Å²) in [7, 11) is 0. The molecular weight excluding hydrogens is 82.1 g/mol. The van der Waals surface area contributed by atoms with Gasteiger partial charge >= 0.3 is 0 Å². The van der Waals surface area contributed by atoms with Gasteiger partial charge < -0.3 is 5.73 Å². The van der Waals surface area contributed by atoms with E-state index in [0.29, 0.717) is 0 Å². The van der Waals surface area contributed by atoms with Crippen LogP contribution in [0.4, 0.5) is 0 Å². The van der Waals surface area contributed by atoms with E-state index >= 15 is 0 Å². The Balaban J connectivity index is 2.00. The van der Waals surface area contributed by atoms with Crippen LogP contribution in [0.2, 0.25) is 0 Å². The molecule has 0 aromatic carbocycles. The molecule has 1 nitrogen and oxygen atoms in total. The fourth-order valence-electron chi connectivity index (χ4n) is 0.224. The highest BCUT2D eigenvalue weighted by atomic mass is 32.2. The fourth-order valence-corrected chi connectivity index (χ4v) is 0.671. The Morgan fingerprint density at radius 3 is 2.60 bits per heavy atom. The van der Waals surface area contributed by atoms with Crippen molar-refractivity contribution >= 4 is 11.8 Å². The molecule has 1 fully saturated rings. The van der Waals surface area contributed by atoms with E-state index in [1.807, 2.05) is 0 Å². The van der Waals surface area contributed by atoms with Crippen LogP contribution in [0, 0.1) is 0 Å². The molecular formula is C3H8NS+. The van der Waals surface area contributed by atoms with E-state index in [9.17, 15) is 0 Å². The van der Waals surface area contributed by atoms with Gasteiger partial charge in [-0.05, 0) is 11.8 Å². The molecule has 2 N–H and O–H groups in total. The van der Waals surface area contributed by atoms with Gasteiger partial charge in [0.2, 0.25) is 0 Å². The summed E-state index contributed by atoms with van der Waals surface area (Å²) >= 11 is 1.57. The number of rotatable bonds is 1. The average molecular weight is 90.2 g/mol. The van der Waals surface area contributed by atoms with Crippen LogP contribution in [0.5, 0.6) is 0 Å². The van der Waals surface area contributed by atoms with Gasteiger partial charge in [-0.15, -0.1) is 0 Å². The smallest absolute Gasteiger partial charge is 0.172 e. The largest absolute Gasteiger partial charge is 0.326 e. The van der Waals surface area contributed by atoms with Crippen LogP contribution >= 0.6 is 0 Å². The molecule has 1 heterocycles. The van der Waals surface area contributed by atoms with E-state index in [1.165, 1.54) is 5.75 Å². The summed E-state index contributed by atoms with van der Waals surface area (Å²) in [4.78, 5) is 0. The number of thiol groups is 1. The van der Waals surface area contributed by atoms with Crippen molar-refractivity contribution in [2.75, 3.05) is 12.3 Å². The number of hydrogen-bond donors (Lipinski definition) is 1. The predicted molar refractivity (Wildman–Crippen MR) is 26.5 cm³/mol. The van der Waals surface area contributed by atoms with Gasteiger partial charge in [0, 0.05) is 6.54 Å². The maximum atomic E-state index is 5.23. The standard InChI is InChI=1S/C3H7NS/c4-1-3-2-5-3/h3H,1-2,4H2/p+1/t3-/m1/s1. The van der Waals surface area contributed by atoms with Crippen molar-refractivity contribution in [2.24, 2.45) is 5.73 Å². The van der Waals surface area contributed by atoms with Gasteiger partial charge in [-0.1, -0.05) is 0 Å². The second kappa shape index (κ2) is 1.19. The molecule has 0 saturated carbocycles. The highest BCUT2D eigenvalue weighted by Gasteiger charge is 2.31. The van der Waals surface area contributed by atoms with Crippen LogP contribution in [-0.2, 0) is 11.8 Å². The minimum absolute atomic E-state index is 0.884. The van der Waals surface area contributed by atoms with Gasteiger partial charge in [-0.2, -0.15) is 0 Å². The fraction of sp³-hybridized carbons (Fsp3) is 1.00. The normalized spacial score (nSPS) is 34.2. The molecule has 1 aliphatic heterocycles. The van der Waals surface area contributed by atoms with Crippen molar-refractivity contribution in [3.63, 3.8) is 0 Å². The molecule has 0 bridgehead atoms. The summed E-state index contributed by atoms with van der Waals surface area (Å²) in [6.07, 6.45) is 0. The van der Waals surface area contributed by atoms with Crippen LogP contribution < -0.4 is 5.73 Å². The lowest BCUT2D eigenvalue weighted by Crippen LogP contribution is -2.04. The van der Waals surface area contributed by atoms with Crippen LogP contribution in [0.1, 0.15) is 0 Å². The third-order valence-corrected chi connectivity index (χ3v) is 1.81. The molecule has 30 valence electrons. The Labute approximate surface area is 35.9 Å². The van der Waals surface area contributed by atoms with E-state index < -0.39 is 0 Å². The minimum Gasteiger partial charge on any atom is -0.326 e. The monoisotopic (exact) mass is 90.0 g/mol. The summed E-state index contributed by atoms with van der Waals surface area (Å²) in [5, 5.41) is 0.884.